The second kappa shape index (κ2) is 7.12. The highest BCUT2D eigenvalue weighted by Crippen LogP contribution is 2.21. The molecule has 27 heavy (non-hydrogen) atoms. The Hall–Kier alpha value is -3.33. The van der Waals surface area contributed by atoms with Crippen LogP contribution in [-0.2, 0) is 9.84 Å². The molecule has 0 radical (unpaired) electrons. The van der Waals surface area contributed by atoms with Gasteiger partial charge in [0.1, 0.15) is 11.4 Å². The van der Waals surface area contributed by atoms with Crippen molar-refractivity contribution in [2.75, 3.05) is 13.4 Å². The summed E-state index contributed by atoms with van der Waals surface area (Å²) in [5.41, 5.74) is 5.81. The van der Waals surface area contributed by atoms with Crippen molar-refractivity contribution in [2.24, 2.45) is 0 Å². The molecule has 0 bridgehead atoms. The molecule has 0 unspecified atom stereocenters. The van der Waals surface area contributed by atoms with Crippen molar-refractivity contribution in [3.05, 3.63) is 59.8 Å². The maximum atomic E-state index is 12.2. The number of carbonyl (C=O) groups excluding carboxylic acids is 2. The third-order valence-corrected chi connectivity index (χ3v) is 5.04. The lowest BCUT2D eigenvalue weighted by Gasteiger charge is -2.07. The van der Waals surface area contributed by atoms with Crippen molar-refractivity contribution >= 4 is 32.6 Å². The average molecular weight is 387 g/mol. The summed E-state index contributed by atoms with van der Waals surface area (Å²) in [7, 11) is -1.79. The Morgan fingerprint density at radius 2 is 1.63 bits per heavy atom. The van der Waals surface area contributed by atoms with Crippen LogP contribution in [0.3, 0.4) is 0 Å². The van der Waals surface area contributed by atoms with Crippen LogP contribution in [0.15, 0.2) is 53.4 Å². The molecule has 0 spiro atoms. The largest absolute Gasteiger partial charge is 0.497 e. The molecule has 0 aliphatic rings. The van der Waals surface area contributed by atoms with Crippen molar-refractivity contribution < 1.29 is 22.7 Å². The fourth-order valence-electron chi connectivity index (χ4n) is 2.46. The van der Waals surface area contributed by atoms with Crippen LogP contribution in [0.2, 0.25) is 0 Å². The van der Waals surface area contributed by atoms with E-state index in [0.29, 0.717) is 5.75 Å². The number of benzene rings is 2. The van der Waals surface area contributed by atoms with Gasteiger partial charge in [0.2, 0.25) is 0 Å². The molecule has 3 aromatic rings. The molecule has 0 aliphatic carbocycles. The first-order chi connectivity index (χ1) is 12.8. The van der Waals surface area contributed by atoms with E-state index in [9.17, 15) is 18.0 Å². The van der Waals surface area contributed by atoms with Crippen LogP contribution in [0.4, 0.5) is 0 Å². The Morgan fingerprint density at radius 1 is 0.963 bits per heavy atom. The van der Waals surface area contributed by atoms with Crippen LogP contribution in [-0.4, -0.2) is 38.6 Å². The summed E-state index contributed by atoms with van der Waals surface area (Å²) in [6, 6.07) is 12.4. The second-order valence-electron chi connectivity index (χ2n) is 5.84. The zero-order chi connectivity index (χ0) is 19.6. The molecule has 3 rings (SSSR count). The summed E-state index contributed by atoms with van der Waals surface area (Å²) in [5, 5.41) is 0.823. The first-order valence-corrected chi connectivity index (χ1v) is 9.74. The highest BCUT2D eigenvalue weighted by molar-refractivity contribution is 7.90. The molecule has 0 saturated carbocycles. The van der Waals surface area contributed by atoms with E-state index in [0.717, 1.165) is 17.2 Å². The standard InChI is InChI=1S/C18H17N3O5S/c1-26-13-6-3-12-9-16(19-15(12)10-13)18(23)21-20-17(22)11-4-7-14(8-5-11)27(2,24)25/h3-10,19H,1-2H3,(H,20,22)(H,21,23). The van der Waals surface area contributed by atoms with Gasteiger partial charge in [0.15, 0.2) is 9.84 Å². The molecule has 0 saturated heterocycles. The predicted molar refractivity (Wildman–Crippen MR) is 99.3 cm³/mol. The summed E-state index contributed by atoms with van der Waals surface area (Å²) in [5.74, 6) is -0.436. The summed E-state index contributed by atoms with van der Waals surface area (Å²) in [6.07, 6.45) is 1.08. The van der Waals surface area contributed by atoms with E-state index in [-0.39, 0.29) is 16.2 Å². The lowest BCUT2D eigenvalue weighted by atomic mass is 10.2. The fourth-order valence-corrected chi connectivity index (χ4v) is 3.09. The smallest absolute Gasteiger partial charge is 0.286 e. The number of aromatic amines is 1. The third kappa shape index (κ3) is 4.09. The average Bonchev–Trinajstić information content (AvgIpc) is 3.08. The van der Waals surface area contributed by atoms with Gasteiger partial charge in [0.05, 0.1) is 12.0 Å². The van der Waals surface area contributed by atoms with Gasteiger partial charge in [0.25, 0.3) is 11.8 Å². The molecule has 8 nitrogen and oxygen atoms in total. The molecular weight excluding hydrogens is 370 g/mol. The monoisotopic (exact) mass is 387 g/mol. The number of H-pyrrole nitrogens is 1. The van der Waals surface area contributed by atoms with Gasteiger partial charge in [-0.3, -0.25) is 20.4 Å². The number of fused-ring (bicyclic) bond motifs is 1. The van der Waals surface area contributed by atoms with Crippen molar-refractivity contribution in [3.8, 4) is 5.75 Å². The van der Waals surface area contributed by atoms with E-state index in [2.05, 4.69) is 15.8 Å². The van der Waals surface area contributed by atoms with Crippen LogP contribution in [0.5, 0.6) is 5.75 Å². The molecule has 9 heteroatoms. The Labute approximate surface area is 155 Å². The van der Waals surface area contributed by atoms with E-state index in [1.165, 1.54) is 24.3 Å². The predicted octanol–water partition coefficient (Wildman–Crippen LogP) is 1.65. The van der Waals surface area contributed by atoms with E-state index in [4.69, 9.17) is 4.74 Å². The molecule has 1 heterocycles. The Bertz CT molecular complexity index is 1120. The number of rotatable bonds is 4. The quantitative estimate of drug-likeness (QED) is 0.589. The van der Waals surface area contributed by atoms with Crippen LogP contribution in [0, 0.1) is 0 Å². The van der Waals surface area contributed by atoms with Crippen LogP contribution >= 0.6 is 0 Å². The lowest BCUT2D eigenvalue weighted by molar-refractivity contribution is 0.0844. The van der Waals surface area contributed by atoms with E-state index >= 15 is 0 Å². The maximum Gasteiger partial charge on any atom is 0.286 e. The molecule has 2 amide bonds. The minimum Gasteiger partial charge on any atom is -0.497 e. The molecule has 1 aromatic heterocycles. The number of carbonyl (C=O) groups is 2. The Morgan fingerprint density at radius 3 is 2.26 bits per heavy atom. The van der Waals surface area contributed by atoms with E-state index < -0.39 is 21.7 Å². The highest BCUT2D eigenvalue weighted by atomic mass is 32.2. The molecule has 0 atom stereocenters. The topological polar surface area (TPSA) is 117 Å². The van der Waals surface area contributed by atoms with Gasteiger partial charge < -0.3 is 9.72 Å². The number of hydrazine groups is 1. The number of ether oxygens (including phenoxy) is 1. The van der Waals surface area contributed by atoms with Gasteiger partial charge >= 0.3 is 0 Å². The van der Waals surface area contributed by atoms with E-state index in [1.807, 2.05) is 6.07 Å². The molecule has 0 fully saturated rings. The number of sulfone groups is 1. The second-order valence-corrected chi connectivity index (χ2v) is 7.86. The summed E-state index contributed by atoms with van der Waals surface area (Å²) in [6.45, 7) is 0. The maximum absolute atomic E-state index is 12.2. The first-order valence-electron chi connectivity index (χ1n) is 7.85. The minimum atomic E-state index is -3.34. The normalized spacial score (nSPS) is 11.2. The van der Waals surface area contributed by atoms with Gasteiger partial charge in [-0.1, -0.05) is 0 Å². The highest BCUT2D eigenvalue weighted by Gasteiger charge is 2.13. The van der Waals surface area contributed by atoms with Gasteiger partial charge in [-0.25, -0.2) is 8.42 Å². The number of amides is 2. The van der Waals surface area contributed by atoms with Gasteiger partial charge in [-0.05, 0) is 42.5 Å². The third-order valence-electron chi connectivity index (χ3n) is 3.91. The van der Waals surface area contributed by atoms with Gasteiger partial charge in [-0.15, -0.1) is 0 Å². The molecule has 140 valence electrons. The molecule has 2 aromatic carbocycles. The van der Waals surface area contributed by atoms with Gasteiger partial charge in [0, 0.05) is 28.8 Å². The lowest BCUT2D eigenvalue weighted by Crippen LogP contribution is -2.41. The zero-order valence-electron chi connectivity index (χ0n) is 14.6. The zero-order valence-corrected chi connectivity index (χ0v) is 15.4. The molecule has 3 N–H and O–H groups in total. The number of hydrogen-bond donors (Lipinski definition) is 3. The summed E-state index contributed by atoms with van der Waals surface area (Å²) >= 11 is 0. The van der Waals surface area contributed by atoms with Crippen molar-refractivity contribution in [1.82, 2.24) is 15.8 Å². The fraction of sp³-hybridized carbons (Fsp3) is 0.111. The van der Waals surface area contributed by atoms with Crippen LogP contribution in [0.1, 0.15) is 20.8 Å². The molecular formula is C18H17N3O5S. The number of nitrogens with one attached hydrogen (secondary N) is 3. The molecule has 0 aliphatic heterocycles. The Kier molecular flexibility index (Phi) is 4.87. The summed E-state index contributed by atoms with van der Waals surface area (Å²) in [4.78, 5) is 27.4. The minimum absolute atomic E-state index is 0.108. The van der Waals surface area contributed by atoms with Crippen molar-refractivity contribution in [3.63, 3.8) is 0 Å². The number of methoxy groups -OCH3 is 1. The van der Waals surface area contributed by atoms with Crippen molar-refractivity contribution in [2.45, 2.75) is 4.90 Å². The van der Waals surface area contributed by atoms with Crippen LogP contribution < -0.4 is 15.6 Å². The van der Waals surface area contributed by atoms with Crippen molar-refractivity contribution in [1.29, 1.82) is 0 Å². The van der Waals surface area contributed by atoms with E-state index in [1.54, 1.807) is 25.3 Å². The van der Waals surface area contributed by atoms with Crippen LogP contribution in [0.25, 0.3) is 10.9 Å². The summed E-state index contributed by atoms with van der Waals surface area (Å²) < 4.78 is 28.0. The number of hydrogen-bond acceptors (Lipinski definition) is 5. The SMILES string of the molecule is COc1ccc2cc(C(=O)NNC(=O)c3ccc(S(C)(=O)=O)cc3)[nH]c2c1. The van der Waals surface area contributed by atoms with Gasteiger partial charge in [-0.2, -0.15) is 0 Å². The number of aromatic nitrogens is 1. The first kappa shape index (κ1) is 18.5. The Balaban J connectivity index is 1.67.